The molecule has 2 rings (SSSR count). The summed E-state index contributed by atoms with van der Waals surface area (Å²) in [5.74, 6) is -0.508. The average molecular weight is 278 g/mol. The van der Waals surface area contributed by atoms with Gasteiger partial charge in [-0.2, -0.15) is 0 Å². The van der Waals surface area contributed by atoms with Gasteiger partial charge in [-0.15, -0.1) is 0 Å². The number of carboxylic acid groups (broad SMARTS) is 1. The van der Waals surface area contributed by atoms with E-state index >= 15 is 0 Å². The number of carboxylic acids is 1. The molecule has 1 N–H and O–H groups in total. The van der Waals surface area contributed by atoms with E-state index in [1.165, 1.54) is 13.3 Å². The number of pyridine rings is 1. The third kappa shape index (κ3) is 2.59. The normalized spacial score (nSPS) is 17.6. The minimum atomic E-state index is -0.800. The van der Waals surface area contributed by atoms with Crippen LogP contribution < -0.4 is 4.74 Å². The molecule has 20 heavy (non-hydrogen) atoms. The van der Waals surface area contributed by atoms with Gasteiger partial charge in [0.05, 0.1) is 24.3 Å². The van der Waals surface area contributed by atoms with Crippen molar-refractivity contribution in [2.75, 3.05) is 20.2 Å². The quantitative estimate of drug-likeness (QED) is 0.904. The van der Waals surface area contributed by atoms with Gasteiger partial charge in [0.15, 0.2) is 0 Å². The van der Waals surface area contributed by atoms with Gasteiger partial charge >= 0.3 is 5.97 Å². The van der Waals surface area contributed by atoms with Gasteiger partial charge in [-0.05, 0) is 25.8 Å². The maximum Gasteiger partial charge on any atom is 0.309 e. The van der Waals surface area contributed by atoms with E-state index in [4.69, 9.17) is 4.74 Å². The molecule has 0 radical (unpaired) electrons. The van der Waals surface area contributed by atoms with Crippen LogP contribution in [0.4, 0.5) is 0 Å². The maximum atomic E-state index is 12.4. The van der Waals surface area contributed by atoms with Crippen LogP contribution in [0.1, 0.15) is 30.1 Å². The van der Waals surface area contributed by atoms with Crippen molar-refractivity contribution in [1.82, 2.24) is 9.88 Å². The highest BCUT2D eigenvalue weighted by Gasteiger charge is 2.38. The predicted octanol–water partition coefficient (Wildman–Crippen LogP) is 1.42. The molecule has 108 valence electrons. The highest BCUT2D eigenvalue weighted by atomic mass is 16.5. The zero-order valence-electron chi connectivity index (χ0n) is 11.6. The van der Waals surface area contributed by atoms with Gasteiger partial charge in [-0.25, -0.2) is 0 Å². The molecule has 1 aromatic rings. The SMILES string of the molecule is COc1cnccc1C(=O)N1CCC(C)(C(=O)O)CC1. The zero-order valence-corrected chi connectivity index (χ0v) is 11.6. The summed E-state index contributed by atoms with van der Waals surface area (Å²) in [6, 6.07) is 1.62. The molecule has 1 aliphatic heterocycles. The third-order valence-corrected chi connectivity index (χ3v) is 3.91. The van der Waals surface area contributed by atoms with Crippen molar-refractivity contribution >= 4 is 11.9 Å². The maximum absolute atomic E-state index is 12.4. The molecule has 0 spiro atoms. The van der Waals surface area contributed by atoms with Gasteiger partial charge < -0.3 is 14.7 Å². The number of piperidine rings is 1. The van der Waals surface area contributed by atoms with E-state index in [0.29, 0.717) is 37.2 Å². The Labute approximate surface area is 117 Å². The minimum absolute atomic E-state index is 0.142. The summed E-state index contributed by atoms with van der Waals surface area (Å²) in [6.07, 6.45) is 3.96. The first-order chi connectivity index (χ1) is 9.48. The number of methoxy groups -OCH3 is 1. The van der Waals surface area contributed by atoms with Crippen LogP contribution in [-0.4, -0.2) is 47.1 Å². The highest BCUT2D eigenvalue weighted by Crippen LogP contribution is 2.32. The van der Waals surface area contributed by atoms with Gasteiger partial charge in [-0.1, -0.05) is 0 Å². The molecular weight excluding hydrogens is 260 g/mol. The van der Waals surface area contributed by atoms with Gasteiger partial charge in [0.1, 0.15) is 5.75 Å². The van der Waals surface area contributed by atoms with Gasteiger partial charge in [0.25, 0.3) is 5.91 Å². The summed E-state index contributed by atoms with van der Waals surface area (Å²) in [4.78, 5) is 29.2. The molecule has 0 saturated carbocycles. The van der Waals surface area contributed by atoms with E-state index in [-0.39, 0.29) is 5.91 Å². The number of likely N-dealkylation sites (tertiary alicyclic amines) is 1. The third-order valence-electron chi connectivity index (χ3n) is 3.91. The van der Waals surface area contributed by atoms with Gasteiger partial charge in [0.2, 0.25) is 0 Å². The lowest BCUT2D eigenvalue weighted by molar-refractivity contribution is -0.150. The number of rotatable bonds is 3. The lowest BCUT2D eigenvalue weighted by atomic mass is 9.80. The van der Waals surface area contributed by atoms with Gasteiger partial charge in [0, 0.05) is 19.3 Å². The van der Waals surface area contributed by atoms with Crippen LogP contribution in [-0.2, 0) is 4.79 Å². The van der Waals surface area contributed by atoms with Gasteiger partial charge in [-0.3, -0.25) is 14.6 Å². The van der Waals surface area contributed by atoms with Crippen LogP contribution in [0.15, 0.2) is 18.5 Å². The monoisotopic (exact) mass is 278 g/mol. The summed E-state index contributed by atoms with van der Waals surface area (Å²) in [5.41, 5.74) is -0.277. The van der Waals surface area contributed by atoms with Crippen molar-refractivity contribution in [2.45, 2.75) is 19.8 Å². The number of amides is 1. The Morgan fingerprint density at radius 3 is 2.60 bits per heavy atom. The Kier molecular flexibility index (Phi) is 3.92. The first-order valence-electron chi connectivity index (χ1n) is 6.48. The second-order valence-corrected chi connectivity index (χ2v) is 5.23. The second-order valence-electron chi connectivity index (χ2n) is 5.23. The van der Waals surface area contributed by atoms with Crippen LogP contribution in [0, 0.1) is 5.41 Å². The smallest absolute Gasteiger partial charge is 0.309 e. The van der Waals surface area contributed by atoms with Crippen molar-refractivity contribution in [1.29, 1.82) is 0 Å². The first kappa shape index (κ1) is 14.3. The fraction of sp³-hybridized carbons (Fsp3) is 0.500. The van der Waals surface area contributed by atoms with E-state index in [1.54, 1.807) is 24.1 Å². The summed E-state index contributed by atoms with van der Waals surface area (Å²) >= 11 is 0. The molecule has 2 heterocycles. The highest BCUT2D eigenvalue weighted by molar-refractivity contribution is 5.97. The van der Waals surface area contributed by atoms with E-state index in [0.717, 1.165) is 0 Å². The Balaban J connectivity index is 2.11. The number of hydrogen-bond acceptors (Lipinski definition) is 4. The van der Waals surface area contributed by atoms with E-state index < -0.39 is 11.4 Å². The molecule has 0 aromatic carbocycles. The lowest BCUT2D eigenvalue weighted by Gasteiger charge is -2.36. The second kappa shape index (κ2) is 5.48. The van der Waals surface area contributed by atoms with Crippen LogP contribution in [0.5, 0.6) is 5.75 Å². The lowest BCUT2D eigenvalue weighted by Crippen LogP contribution is -2.45. The fourth-order valence-electron chi connectivity index (χ4n) is 2.31. The number of aromatic nitrogens is 1. The topological polar surface area (TPSA) is 79.7 Å². The summed E-state index contributed by atoms with van der Waals surface area (Å²) in [6.45, 7) is 2.60. The molecule has 0 atom stereocenters. The van der Waals surface area contributed by atoms with Crippen LogP contribution in [0.2, 0.25) is 0 Å². The van der Waals surface area contributed by atoms with Crippen molar-refractivity contribution < 1.29 is 19.4 Å². The van der Waals surface area contributed by atoms with Crippen molar-refractivity contribution in [3.05, 3.63) is 24.0 Å². The van der Waals surface area contributed by atoms with Crippen molar-refractivity contribution in [3.63, 3.8) is 0 Å². The van der Waals surface area contributed by atoms with Crippen LogP contribution in [0.25, 0.3) is 0 Å². The Hall–Kier alpha value is -2.11. The molecule has 6 nitrogen and oxygen atoms in total. The Morgan fingerprint density at radius 2 is 2.05 bits per heavy atom. The molecule has 1 saturated heterocycles. The first-order valence-corrected chi connectivity index (χ1v) is 6.48. The molecule has 6 heteroatoms. The van der Waals surface area contributed by atoms with Crippen LogP contribution >= 0.6 is 0 Å². The molecule has 1 aliphatic rings. The molecular formula is C14H18N2O4. The fourth-order valence-corrected chi connectivity index (χ4v) is 2.31. The van der Waals surface area contributed by atoms with E-state index in [9.17, 15) is 14.7 Å². The molecule has 1 amide bonds. The zero-order chi connectivity index (χ0) is 14.8. The van der Waals surface area contributed by atoms with E-state index in [2.05, 4.69) is 4.98 Å². The largest absolute Gasteiger partial charge is 0.494 e. The summed E-state index contributed by atoms with van der Waals surface area (Å²) in [5, 5.41) is 9.19. The summed E-state index contributed by atoms with van der Waals surface area (Å²) in [7, 11) is 1.49. The van der Waals surface area contributed by atoms with Crippen molar-refractivity contribution in [3.8, 4) is 5.75 Å². The van der Waals surface area contributed by atoms with E-state index in [1.807, 2.05) is 0 Å². The average Bonchev–Trinajstić information content (AvgIpc) is 2.47. The number of nitrogens with zero attached hydrogens (tertiary/aromatic N) is 2. The molecule has 0 aliphatic carbocycles. The number of ether oxygens (including phenoxy) is 1. The Morgan fingerprint density at radius 1 is 1.40 bits per heavy atom. The molecule has 1 fully saturated rings. The number of hydrogen-bond donors (Lipinski definition) is 1. The molecule has 1 aromatic heterocycles. The number of carbonyl (C=O) groups excluding carboxylic acids is 1. The number of carbonyl (C=O) groups is 2. The molecule has 0 bridgehead atoms. The predicted molar refractivity (Wildman–Crippen MR) is 71.7 cm³/mol. The number of aliphatic carboxylic acids is 1. The van der Waals surface area contributed by atoms with Crippen LogP contribution in [0.3, 0.4) is 0 Å². The molecule has 0 unspecified atom stereocenters. The minimum Gasteiger partial charge on any atom is -0.494 e. The standard InChI is InChI=1S/C14H18N2O4/c1-14(13(18)19)4-7-16(8-5-14)12(17)10-3-6-15-9-11(10)20-2/h3,6,9H,4-5,7-8H2,1-2H3,(H,18,19). The van der Waals surface area contributed by atoms with Crippen molar-refractivity contribution in [2.24, 2.45) is 5.41 Å². The summed E-state index contributed by atoms with van der Waals surface area (Å²) < 4.78 is 5.13. The Bertz CT molecular complexity index is 522.